The van der Waals surface area contributed by atoms with Crippen molar-refractivity contribution in [2.45, 2.75) is 42.8 Å². The van der Waals surface area contributed by atoms with Crippen LogP contribution in [0.3, 0.4) is 0 Å². The topological polar surface area (TPSA) is 72.6 Å². The molecule has 142 valence electrons. The minimum Gasteiger partial charge on any atom is -0.494 e. The highest BCUT2D eigenvalue weighted by molar-refractivity contribution is 8.00. The smallest absolute Gasteiger partial charge is 0.247 e. The highest BCUT2D eigenvalue weighted by Crippen LogP contribution is 2.34. The average Bonchev–Trinajstić information content (AvgIpc) is 2.93. The zero-order valence-corrected chi connectivity index (χ0v) is 16.2. The summed E-state index contributed by atoms with van der Waals surface area (Å²) < 4.78 is 5.69. The maximum atomic E-state index is 12.8. The number of nitrogens with two attached hydrogens (primary N) is 1. The number of ether oxygens (including phenoxy) is 1. The van der Waals surface area contributed by atoms with Gasteiger partial charge < -0.3 is 10.5 Å². The highest BCUT2D eigenvalue weighted by Gasteiger charge is 2.40. The summed E-state index contributed by atoms with van der Waals surface area (Å²) in [7, 11) is 0. The van der Waals surface area contributed by atoms with E-state index in [0.29, 0.717) is 18.0 Å². The average molecular weight is 385 g/mol. The van der Waals surface area contributed by atoms with Crippen molar-refractivity contribution in [3.05, 3.63) is 48.5 Å². The Morgan fingerprint density at radius 1 is 1.15 bits per heavy atom. The zero-order valence-electron chi connectivity index (χ0n) is 15.4. The molecule has 1 heterocycles. The van der Waals surface area contributed by atoms with Crippen LogP contribution in [-0.2, 0) is 9.59 Å². The highest BCUT2D eigenvalue weighted by atomic mass is 32.2. The molecular formula is C21H24N2O3S. The monoisotopic (exact) mass is 384 g/mol. The van der Waals surface area contributed by atoms with Gasteiger partial charge in [-0.1, -0.05) is 25.8 Å². The van der Waals surface area contributed by atoms with E-state index in [2.05, 4.69) is 6.92 Å². The van der Waals surface area contributed by atoms with Crippen molar-refractivity contribution < 1.29 is 14.3 Å². The van der Waals surface area contributed by atoms with Crippen molar-refractivity contribution >= 4 is 35.0 Å². The van der Waals surface area contributed by atoms with Gasteiger partial charge in [-0.25, -0.2) is 4.90 Å². The van der Waals surface area contributed by atoms with Crippen LogP contribution in [-0.4, -0.2) is 23.7 Å². The summed E-state index contributed by atoms with van der Waals surface area (Å²) in [6.07, 6.45) is 3.50. The zero-order chi connectivity index (χ0) is 19.2. The van der Waals surface area contributed by atoms with Crippen LogP contribution >= 0.6 is 11.8 Å². The van der Waals surface area contributed by atoms with Crippen LogP contribution in [0, 0.1) is 0 Å². The quantitative estimate of drug-likeness (QED) is 0.418. The molecular weight excluding hydrogens is 360 g/mol. The fourth-order valence-electron chi connectivity index (χ4n) is 2.95. The normalized spacial score (nSPS) is 16.8. The molecule has 1 saturated heterocycles. The number of imide groups is 1. The number of nitrogen functional groups attached to an aromatic ring is 1. The number of anilines is 2. The summed E-state index contributed by atoms with van der Waals surface area (Å²) in [6.45, 7) is 2.82. The van der Waals surface area contributed by atoms with E-state index in [-0.39, 0.29) is 18.2 Å². The molecule has 1 fully saturated rings. The first kappa shape index (κ1) is 19.3. The Bertz CT molecular complexity index is 807. The molecule has 6 heteroatoms. The number of amides is 2. The van der Waals surface area contributed by atoms with Gasteiger partial charge in [-0.2, -0.15) is 0 Å². The number of benzene rings is 2. The van der Waals surface area contributed by atoms with Crippen LogP contribution in [0.4, 0.5) is 11.4 Å². The predicted molar refractivity (Wildman–Crippen MR) is 109 cm³/mol. The number of rotatable bonds is 8. The van der Waals surface area contributed by atoms with Gasteiger partial charge in [-0.3, -0.25) is 9.59 Å². The first-order valence-corrected chi connectivity index (χ1v) is 10.1. The lowest BCUT2D eigenvalue weighted by atomic mass is 10.2. The van der Waals surface area contributed by atoms with Crippen LogP contribution in [0.5, 0.6) is 5.75 Å². The van der Waals surface area contributed by atoms with Gasteiger partial charge in [0.15, 0.2) is 0 Å². The lowest BCUT2D eigenvalue weighted by Gasteiger charge is -2.15. The summed E-state index contributed by atoms with van der Waals surface area (Å²) in [5.41, 5.74) is 7.02. The summed E-state index contributed by atoms with van der Waals surface area (Å²) in [5.74, 6) is 0.377. The maximum Gasteiger partial charge on any atom is 0.247 e. The van der Waals surface area contributed by atoms with Gasteiger partial charge in [0.05, 0.1) is 17.5 Å². The number of thioether (sulfide) groups is 1. The van der Waals surface area contributed by atoms with E-state index in [1.54, 1.807) is 30.3 Å². The lowest BCUT2D eigenvalue weighted by Crippen LogP contribution is -2.31. The summed E-state index contributed by atoms with van der Waals surface area (Å²) in [4.78, 5) is 27.3. The van der Waals surface area contributed by atoms with Crippen molar-refractivity contribution in [2.75, 3.05) is 17.2 Å². The molecule has 0 bridgehead atoms. The molecule has 2 aromatic rings. The number of hydrogen-bond acceptors (Lipinski definition) is 5. The molecule has 3 rings (SSSR count). The molecule has 27 heavy (non-hydrogen) atoms. The van der Waals surface area contributed by atoms with Crippen LogP contribution in [0.25, 0.3) is 0 Å². The van der Waals surface area contributed by atoms with E-state index in [4.69, 9.17) is 10.5 Å². The van der Waals surface area contributed by atoms with E-state index in [1.165, 1.54) is 16.7 Å². The standard InChI is InChI=1S/C21H24N2O3S/c1-2-3-4-12-26-17-10-8-16(9-11-17)23-20(24)14-19(21(23)25)27-18-7-5-6-15(22)13-18/h5-11,13,19H,2-4,12,14,22H2,1H3. The van der Waals surface area contributed by atoms with Crippen molar-refractivity contribution in [1.82, 2.24) is 0 Å². The van der Waals surface area contributed by atoms with Crippen LogP contribution < -0.4 is 15.4 Å². The van der Waals surface area contributed by atoms with Crippen molar-refractivity contribution in [1.29, 1.82) is 0 Å². The Hall–Kier alpha value is -2.47. The van der Waals surface area contributed by atoms with Gasteiger partial charge >= 0.3 is 0 Å². The largest absolute Gasteiger partial charge is 0.494 e. The minimum atomic E-state index is -0.427. The number of carbonyl (C=O) groups excluding carboxylic acids is 2. The molecule has 5 nitrogen and oxygen atoms in total. The van der Waals surface area contributed by atoms with E-state index in [0.717, 1.165) is 29.9 Å². The SMILES string of the molecule is CCCCCOc1ccc(N2C(=O)CC(Sc3cccc(N)c3)C2=O)cc1. The fraction of sp³-hybridized carbons (Fsp3) is 0.333. The lowest BCUT2D eigenvalue weighted by molar-refractivity contribution is -0.121. The predicted octanol–water partition coefficient (Wildman–Crippen LogP) is 4.26. The van der Waals surface area contributed by atoms with E-state index in [9.17, 15) is 9.59 Å². The van der Waals surface area contributed by atoms with E-state index in [1.807, 2.05) is 18.2 Å². The van der Waals surface area contributed by atoms with Crippen LogP contribution in [0.15, 0.2) is 53.4 Å². The van der Waals surface area contributed by atoms with Crippen LogP contribution in [0.2, 0.25) is 0 Å². The summed E-state index contributed by atoms with van der Waals surface area (Å²) in [6, 6.07) is 14.5. The second-order valence-electron chi connectivity index (χ2n) is 6.50. The number of unbranched alkanes of at least 4 members (excludes halogenated alkanes) is 2. The van der Waals surface area contributed by atoms with Gasteiger partial charge in [0.2, 0.25) is 11.8 Å². The second-order valence-corrected chi connectivity index (χ2v) is 7.78. The maximum absolute atomic E-state index is 12.8. The minimum absolute atomic E-state index is 0.182. The Balaban J connectivity index is 1.64. The first-order chi connectivity index (χ1) is 13.1. The van der Waals surface area contributed by atoms with Gasteiger partial charge in [-0.15, -0.1) is 11.8 Å². The molecule has 2 amide bonds. The Morgan fingerprint density at radius 3 is 2.63 bits per heavy atom. The summed E-state index contributed by atoms with van der Waals surface area (Å²) in [5, 5.41) is -0.427. The van der Waals surface area contributed by atoms with Crippen molar-refractivity contribution in [3.63, 3.8) is 0 Å². The molecule has 1 atom stereocenters. The molecule has 1 aliphatic heterocycles. The Morgan fingerprint density at radius 2 is 1.93 bits per heavy atom. The molecule has 2 aromatic carbocycles. The fourth-order valence-corrected chi connectivity index (χ4v) is 4.07. The third-order valence-corrected chi connectivity index (χ3v) is 5.53. The van der Waals surface area contributed by atoms with E-state index >= 15 is 0 Å². The second kappa shape index (κ2) is 8.95. The van der Waals surface area contributed by atoms with E-state index < -0.39 is 5.25 Å². The molecule has 0 aliphatic carbocycles. The van der Waals surface area contributed by atoms with Crippen molar-refractivity contribution in [2.24, 2.45) is 0 Å². The molecule has 0 saturated carbocycles. The van der Waals surface area contributed by atoms with Gasteiger partial charge in [0.1, 0.15) is 5.75 Å². The third-order valence-electron chi connectivity index (χ3n) is 4.35. The number of hydrogen-bond donors (Lipinski definition) is 1. The molecule has 1 aliphatic rings. The summed E-state index contributed by atoms with van der Waals surface area (Å²) >= 11 is 1.38. The number of carbonyl (C=O) groups is 2. The molecule has 0 aromatic heterocycles. The molecule has 0 radical (unpaired) electrons. The number of nitrogens with zero attached hydrogens (tertiary/aromatic N) is 1. The molecule has 1 unspecified atom stereocenters. The first-order valence-electron chi connectivity index (χ1n) is 9.20. The Kier molecular flexibility index (Phi) is 6.40. The van der Waals surface area contributed by atoms with Crippen molar-refractivity contribution in [3.8, 4) is 5.75 Å². The molecule has 0 spiro atoms. The van der Waals surface area contributed by atoms with Crippen LogP contribution in [0.1, 0.15) is 32.6 Å². The van der Waals surface area contributed by atoms with Gasteiger partial charge in [0.25, 0.3) is 0 Å². The molecule has 2 N–H and O–H groups in total. The van der Waals surface area contributed by atoms with Gasteiger partial charge in [0, 0.05) is 17.0 Å². The Labute approximate surface area is 163 Å². The van der Waals surface area contributed by atoms with Gasteiger partial charge in [-0.05, 0) is 48.9 Å². The third kappa shape index (κ3) is 4.83.